The van der Waals surface area contributed by atoms with Crippen molar-refractivity contribution < 1.29 is 17.9 Å². The number of ether oxygens (including phenoxy) is 1. The average Bonchev–Trinajstić information content (AvgIpc) is 2.88. The van der Waals surface area contributed by atoms with Crippen molar-refractivity contribution in [3.05, 3.63) is 59.7 Å². The third-order valence-corrected chi connectivity index (χ3v) is 8.53. The van der Waals surface area contributed by atoms with Gasteiger partial charge in [-0.3, -0.25) is 4.79 Å². The van der Waals surface area contributed by atoms with Gasteiger partial charge in [-0.25, -0.2) is 8.42 Å². The van der Waals surface area contributed by atoms with Gasteiger partial charge in [0.15, 0.2) is 0 Å². The lowest BCUT2D eigenvalue weighted by Gasteiger charge is -2.30. The Bertz CT molecular complexity index is 1040. The normalized spacial score (nSPS) is 17.8. The van der Waals surface area contributed by atoms with E-state index in [1.54, 1.807) is 25.2 Å². The van der Waals surface area contributed by atoms with Gasteiger partial charge in [-0.15, -0.1) is 0 Å². The average molecular weight is 472 g/mol. The molecule has 2 aliphatic rings. The first-order chi connectivity index (χ1) is 15.9. The molecular formula is C25H33N3O4S. The molecule has 1 aliphatic heterocycles. The van der Waals surface area contributed by atoms with E-state index < -0.39 is 10.0 Å². The van der Waals surface area contributed by atoms with Gasteiger partial charge in [-0.1, -0.05) is 37.5 Å². The lowest BCUT2D eigenvalue weighted by Crippen LogP contribution is -2.38. The molecule has 1 N–H and O–H groups in total. The topological polar surface area (TPSA) is 79.0 Å². The van der Waals surface area contributed by atoms with Gasteiger partial charge < -0.3 is 15.0 Å². The highest BCUT2D eigenvalue weighted by atomic mass is 32.2. The van der Waals surface area contributed by atoms with Crippen molar-refractivity contribution in [3.8, 4) is 0 Å². The minimum Gasteiger partial charge on any atom is -0.378 e. The summed E-state index contributed by atoms with van der Waals surface area (Å²) in [4.78, 5) is 15.2. The maximum absolute atomic E-state index is 13.1. The van der Waals surface area contributed by atoms with Crippen LogP contribution in [0.25, 0.3) is 0 Å². The largest absolute Gasteiger partial charge is 0.378 e. The molecule has 8 heteroatoms. The summed E-state index contributed by atoms with van der Waals surface area (Å²) >= 11 is 0. The van der Waals surface area contributed by atoms with Crippen LogP contribution in [0, 0.1) is 0 Å². The SMILES string of the molecule is CN(C1CCCCC1)S(=O)(=O)c1cccc(C(=O)NCc2ccc(N3CCOCC3)cc2)c1. The van der Waals surface area contributed by atoms with Crippen molar-refractivity contribution in [2.45, 2.75) is 49.6 Å². The van der Waals surface area contributed by atoms with Crippen LogP contribution in [-0.4, -0.2) is 58.0 Å². The zero-order valence-corrected chi connectivity index (χ0v) is 20.0. The summed E-state index contributed by atoms with van der Waals surface area (Å²) < 4.78 is 33.1. The Balaban J connectivity index is 1.38. The molecule has 1 saturated heterocycles. The first-order valence-corrected chi connectivity index (χ1v) is 13.2. The molecule has 7 nitrogen and oxygen atoms in total. The van der Waals surface area contributed by atoms with Crippen LogP contribution >= 0.6 is 0 Å². The zero-order valence-electron chi connectivity index (χ0n) is 19.2. The molecule has 1 aliphatic carbocycles. The van der Waals surface area contributed by atoms with Gasteiger partial charge in [-0.05, 0) is 48.7 Å². The molecule has 33 heavy (non-hydrogen) atoms. The van der Waals surface area contributed by atoms with Crippen molar-refractivity contribution in [1.29, 1.82) is 0 Å². The van der Waals surface area contributed by atoms with E-state index >= 15 is 0 Å². The smallest absolute Gasteiger partial charge is 0.251 e. The minimum atomic E-state index is -3.64. The summed E-state index contributed by atoms with van der Waals surface area (Å²) in [6, 6.07) is 14.5. The predicted octanol–water partition coefficient (Wildman–Crippen LogP) is 3.41. The van der Waals surface area contributed by atoms with Crippen LogP contribution in [0.15, 0.2) is 53.4 Å². The Morgan fingerprint density at radius 3 is 2.45 bits per heavy atom. The standard InChI is InChI=1S/C25H33N3O4S/c1-27(22-7-3-2-4-8-22)33(30,31)24-9-5-6-21(18-24)25(29)26-19-20-10-12-23(13-11-20)28-14-16-32-17-15-28/h5-6,9-13,18,22H,2-4,7-8,14-17,19H2,1H3,(H,26,29). The van der Waals surface area contributed by atoms with Gasteiger partial charge in [0.25, 0.3) is 5.91 Å². The van der Waals surface area contributed by atoms with E-state index in [-0.39, 0.29) is 16.8 Å². The lowest BCUT2D eigenvalue weighted by molar-refractivity contribution is 0.0950. The first-order valence-electron chi connectivity index (χ1n) is 11.7. The molecule has 0 bridgehead atoms. The van der Waals surface area contributed by atoms with Crippen molar-refractivity contribution >= 4 is 21.6 Å². The first kappa shape index (κ1) is 23.7. The Morgan fingerprint density at radius 1 is 1.06 bits per heavy atom. The fraction of sp³-hybridized carbons (Fsp3) is 0.480. The van der Waals surface area contributed by atoms with E-state index in [1.165, 1.54) is 10.4 Å². The van der Waals surface area contributed by atoms with Crippen LogP contribution in [0.3, 0.4) is 0 Å². The monoisotopic (exact) mass is 471 g/mol. The van der Waals surface area contributed by atoms with E-state index in [2.05, 4.69) is 22.3 Å². The molecule has 0 spiro atoms. The second-order valence-electron chi connectivity index (χ2n) is 8.79. The minimum absolute atomic E-state index is 0.0293. The molecule has 0 radical (unpaired) electrons. The van der Waals surface area contributed by atoms with E-state index in [4.69, 9.17) is 4.74 Å². The highest BCUT2D eigenvalue weighted by Gasteiger charge is 2.29. The number of morpholine rings is 1. The predicted molar refractivity (Wildman–Crippen MR) is 129 cm³/mol. The van der Waals surface area contributed by atoms with Crippen LogP contribution in [0.4, 0.5) is 5.69 Å². The molecule has 2 fully saturated rings. The maximum Gasteiger partial charge on any atom is 0.251 e. The third-order valence-electron chi connectivity index (χ3n) is 6.63. The molecule has 0 aromatic heterocycles. The van der Waals surface area contributed by atoms with Gasteiger partial charge in [-0.2, -0.15) is 4.31 Å². The fourth-order valence-corrected chi connectivity index (χ4v) is 6.00. The summed E-state index contributed by atoms with van der Waals surface area (Å²) in [7, 11) is -1.99. The molecule has 1 saturated carbocycles. The second-order valence-corrected chi connectivity index (χ2v) is 10.8. The lowest BCUT2D eigenvalue weighted by atomic mass is 9.96. The fourth-order valence-electron chi connectivity index (χ4n) is 4.54. The van der Waals surface area contributed by atoms with Gasteiger partial charge in [0.1, 0.15) is 0 Å². The summed E-state index contributed by atoms with van der Waals surface area (Å²) in [6.07, 6.45) is 5.05. The van der Waals surface area contributed by atoms with Crippen LogP contribution in [-0.2, 0) is 21.3 Å². The number of nitrogens with zero attached hydrogens (tertiary/aromatic N) is 2. The zero-order chi connectivity index (χ0) is 23.3. The summed E-state index contributed by atoms with van der Waals surface area (Å²) in [6.45, 7) is 3.61. The Hall–Kier alpha value is -2.42. The maximum atomic E-state index is 13.1. The quantitative estimate of drug-likeness (QED) is 0.670. The number of sulfonamides is 1. The summed E-state index contributed by atoms with van der Waals surface area (Å²) in [5.74, 6) is -0.287. The van der Waals surface area contributed by atoms with E-state index in [9.17, 15) is 13.2 Å². The molecule has 4 rings (SSSR count). The number of carbonyl (C=O) groups excluding carboxylic acids is 1. The van der Waals surface area contributed by atoms with Crippen LogP contribution in [0.2, 0.25) is 0 Å². The molecule has 0 unspecified atom stereocenters. The van der Waals surface area contributed by atoms with Crippen molar-refractivity contribution in [3.63, 3.8) is 0 Å². The van der Waals surface area contributed by atoms with Gasteiger partial charge in [0.2, 0.25) is 10.0 Å². The molecule has 2 aromatic rings. The molecule has 1 amide bonds. The molecular weight excluding hydrogens is 438 g/mol. The Morgan fingerprint density at radius 2 is 1.76 bits per heavy atom. The van der Waals surface area contributed by atoms with Crippen LogP contribution in [0.1, 0.15) is 48.0 Å². The van der Waals surface area contributed by atoms with Crippen LogP contribution < -0.4 is 10.2 Å². The number of benzene rings is 2. The number of nitrogens with one attached hydrogen (secondary N) is 1. The van der Waals surface area contributed by atoms with E-state index in [0.29, 0.717) is 12.1 Å². The van der Waals surface area contributed by atoms with Crippen molar-refractivity contribution in [1.82, 2.24) is 9.62 Å². The van der Waals surface area contributed by atoms with E-state index in [1.807, 2.05) is 12.1 Å². The van der Waals surface area contributed by atoms with Crippen molar-refractivity contribution in [2.75, 3.05) is 38.3 Å². The van der Waals surface area contributed by atoms with Crippen LogP contribution in [0.5, 0.6) is 0 Å². The third kappa shape index (κ3) is 5.75. The molecule has 1 heterocycles. The number of amides is 1. The van der Waals surface area contributed by atoms with Gasteiger partial charge in [0.05, 0.1) is 18.1 Å². The van der Waals surface area contributed by atoms with Crippen molar-refractivity contribution in [2.24, 2.45) is 0 Å². The molecule has 0 atom stereocenters. The number of carbonyl (C=O) groups is 1. The molecule has 178 valence electrons. The number of hydrogen-bond acceptors (Lipinski definition) is 5. The number of rotatable bonds is 7. The number of anilines is 1. The second kappa shape index (κ2) is 10.7. The Labute approximate surface area is 196 Å². The van der Waals surface area contributed by atoms with Gasteiger partial charge >= 0.3 is 0 Å². The highest BCUT2D eigenvalue weighted by Crippen LogP contribution is 2.26. The number of hydrogen-bond donors (Lipinski definition) is 1. The van der Waals surface area contributed by atoms with Gasteiger partial charge in [0, 0.05) is 44.0 Å². The van der Waals surface area contributed by atoms with E-state index in [0.717, 1.165) is 69.7 Å². The summed E-state index contributed by atoms with van der Waals surface area (Å²) in [5, 5.41) is 2.90. The summed E-state index contributed by atoms with van der Waals surface area (Å²) in [5.41, 5.74) is 2.48. The Kier molecular flexibility index (Phi) is 7.67. The highest BCUT2D eigenvalue weighted by molar-refractivity contribution is 7.89. The molecule has 2 aromatic carbocycles.